The van der Waals surface area contributed by atoms with Crippen molar-refractivity contribution in [3.8, 4) is 0 Å². The monoisotopic (exact) mass is 340 g/mol. The summed E-state index contributed by atoms with van der Waals surface area (Å²) in [6.07, 6.45) is 0.0700. The first-order chi connectivity index (χ1) is 7.77. The molecule has 0 aliphatic carbocycles. The van der Waals surface area contributed by atoms with Crippen LogP contribution in [-0.4, -0.2) is 21.5 Å². The third kappa shape index (κ3) is 3.43. The van der Waals surface area contributed by atoms with E-state index in [-0.39, 0.29) is 11.3 Å². The van der Waals surface area contributed by atoms with E-state index >= 15 is 0 Å². The highest BCUT2D eigenvalue weighted by Gasteiger charge is 2.18. The predicted octanol–water partition coefficient (Wildman–Crippen LogP) is 2.40. The Balaban J connectivity index is 3.25. The van der Waals surface area contributed by atoms with Crippen molar-refractivity contribution in [1.82, 2.24) is 0 Å². The molecule has 94 valence electrons. The second-order valence-corrected chi connectivity index (χ2v) is 6.68. The van der Waals surface area contributed by atoms with Gasteiger partial charge in [-0.2, -0.15) is 0 Å². The first-order valence-electron chi connectivity index (χ1n) is 4.57. The molecule has 0 saturated heterocycles. The molecule has 0 aliphatic heterocycles. The van der Waals surface area contributed by atoms with Crippen molar-refractivity contribution in [2.75, 3.05) is 7.11 Å². The Labute approximate surface area is 112 Å². The Morgan fingerprint density at radius 1 is 1.47 bits per heavy atom. The second-order valence-electron chi connectivity index (χ2n) is 3.35. The lowest BCUT2D eigenvalue weighted by molar-refractivity contribution is -0.139. The third-order valence-electron chi connectivity index (χ3n) is 2.24. The first-order valence-corrected chi connectivity index (χ1v) is 7.67. The van der Waals surface area contributed by atoms with E-state index in [4.69, 9.17) is 10.7 Å². The summed E-state index contributed by atoms with van der Waals surface area (Å²) in [4.78, 5) is 11.2. The number of ether oxygens (including phenoxy) is 1. The van der Waals surface area contributed by atoms with Gasteiger partial charge in [0.05, 0.1) is 18.4 Å². The van der Waals surface area contributed by atoms with Crippen molar-refractivity contribution >= 4 is 41.6 Å². The number of methoxy groups -OCH3 is 1. The van der Waals surface area contributed by atoms with Crippen molar-refractivity contribution in [1.29, 1.82) is 0 Å². The Hall–Kier alpha value is -0.590. The number of hydrogen-bond acceptors (Lipinski definition) is 4. The molecule has 0 N–H and O–H groups in total. The number of halogens is 2. The third-order valence-corrected chi connectivity index (χ3v) is 4.81. The molecule has 0 atom stereocenters. The minimum absolute atomic E-state index is 0.0275. The number of hydrogen-bond donors (Lipinski definition) is 0. The van der Waals surface area contributed by atoms with Gasteiger partial charge in [0, 0.05) is 15.2 Å². The van der Waals surface area contributed by atoms with Gasteiger partial charge in [-0.15, -0.1) is 0 Å². The van der Waals surface area contributed by atoms with Crippen LogP contribution in [0.5, 0.6) is 0 Å². The van der Waals surface area contributed by atoms with Gasteiger partial charge in [0.2, 0.25) is 0 Å². The summed E-state index contributed by atoms with van der Waals surface area (Å²) in [7, 11) is 2.79. The van der Waals surface area contributed by atoms with Gasteiger partial charge in [-0.1, -0.05) is 22.0 Å². The van der Waals surface area contributed by atoms with Crippen LogP contribution in [0.25, 0.3) is 0 Å². The Bertz CT molecular complexity index is 554. The molecule has 0 spiro atoms. The minimum Gasteiger partial charge on any atom is -0.469 e. The van der Waals surface area contributed by atoms with Crippen LogP contribution < -0.4 is 0 Å². The Morgan fingerprint density at radius 2 is 2.06 bits per heavy atom. The van der Waals surface area contributed by atoms with E-state index in [1.54, 1.807) is 6.92 Å². The molecule has 0 heterocycles. The summed E-state index contributed by atoms with van der Waals surface area (Å²) in [6.45, 7) is 1.61. The molecule has 0 aromatic heterocycles. The first kappa shape index (κ1) is 14.5. The summed E-state index contributed by atoms with van der Waals surface area (Å²) in [5.41, 5.74) is 1.12. The van der Waals surface area contributed by atoms with Crippen LogP contribution in [0.15, 0.2) is 21.5 Å². The summed E-state index contributed by atoms with van der Waals surface area (Å²) >= 11 is 3.25. The number of benzene rings is 1. The van der Waals surface area contributed by atoms with Crippen LogP contribution in [0.4, 0.5) is 0 Å². The van der Waals surface area contributed by atoms with Gasteiger partial charge in [-0.05, 0) is 24.1 Å². The zero-order valence-corrected chi connectivity index (χ0v) is 12.3. The molecule has 1 aromatic rings. The number of carbonyl (C=O) groups excluding carboxylic acids is 1. The molecule has 7 heteroatoms. The van der Waals surface area contributed by atoms with Crippen molar-refractivity contribution in [2.24, 2.45) is 0 Å². The quantitative estimate of drug-likeness (QED) is 0.626. The predicted molar refractivity (Wildman–Crippen MR) is 67.6 cm³/mol. The molecule has 1 rings (SSSR count). The highest BCUT2D eigenvalue weighted by Crippen LogP contribution is 2.29. The maximum atomic E-state index is 11.2. The fourth-order valence-corrected chi connectivity index (χ4v) is 3.17. The summed E-state index contributed by atoms with van der Waals surface area (Å²) in [5.74, 6) is -0.397. The molecule has 1 aromatic carbocycles. The maximum absolute atomic E-state index is 11.2. The van der Waals surface area contributed by atoms with Gasteiger partial charge in [-0.3, -0.25) is 4.79 Å². The van der Waals surface area contributed by atoms with Crippen molar-refractivity contribution in [3.05, 3.63) is 27.7 Å². The highest BCUT2D eigenvalue weighted by molar-refractivity contribution is 9.10. The topological polar surface area (TPSA) is 60.4 Å². The van der Waals surface area contributed by atoms with Crippen LogP contribution in [0, 0.1) is 6.92 Å². The molecule has 17 heavy (non-hydrogen) atoms. The minimum atomic E-state index is -3.78. The lowest BCUT2D eigenvalue weighted by Gasteiger charge is -2.09. The van der Waals surface area contributed by atoms with Gasteiger partial charge >= 0.3 is 5.97 Å². The van der Waals surface area contributed by atoms with E-state index in [9.17, 15) is 13.2 Å². The number of esters is 1. The summed E-state index contributed by atoms with van der Waals surface area (Å²) in [6, 6.07) is 2.91. The van der Waals surface area contributed by atoms with Crippen LogP contribution in [0.1, 0.15) is 11.1 Å². The molecule has 0 amide bonds. The van der Waals surface area contributed by atoms with Crippen molar-refractivity contribution in [3.63, 3.8) is 0 Å². The molecular formula is C10H10BrClO4S. The van der Waals surface area contributed by atoms with Gasteiger partial charge in [0.25, 0.3) is 9.05 Å². The highest BCUT2D eigenvalue weighted by atomic mass is 79.9. The Morgan fingerprint density at radius 3 is 2.53 bits per heavy atom. The van der Waals surface area contributed by atoms with Crippen LogP contribution >= 0.6 is 26.6 Å². The van der Waals surface area contributed by atoms with Crippen LogP contribution in [-0.2, 0) is 25.0 Å². The van der Waals surface area contributed by atoms with E-state index in [1.807, 2.05) is 0 Å². The fourth-order valence-electron chi connectivity index (χ4n) is 1.35. The largest absolute Gasteiger partial charge is 0.469 e. The van der Waals surface area contributed by atoms with Crippen LogP contribution in [0.2, 0.25) is 0 Å². The van der Waals surface area contributed by atoms with Crippen LogP contribution in [0.3, 0.4) is 0 Å². The van der Waals surface area contributed by atoms with Crippen molar-refractivity contribution in [2.45, 2.75) is 18.2 Å². The number of rotatable bonds is 3. The standard InChI is InChI=1S/C10H10BrClO4S/c1-6-8(17(12,14)15)4-3-7(10(6)11)5-9(13)16-2/h3-4H,5H2,1-2H3. The molecule has 0 fully saturated rings. The van der Waals surface area contributed by atoms with E-state index < -0.39 is 15.0 Å². The fraction of sp³-hybridized carbons (Fsp3) is 0.300. The molecule has 0 radical (unpaired) electrons. The van der Waals surface area contributed by atoms with Crippen molar-refractivity contribution < 1.29 is 17.9 Å². The van der Waals surface area contributed by atoms with Gasteiger partial charge < -0.3 is 4.74 Å². The van der Waals surface area contributed by atoms with E-state index in [1.165, 1.54) is 19.2 Å². The maximum Gasteiger partial charge on any atom is 0.310 e. The number of carbonyl (C=O) groups is 1. The van der Waals surface area contributed by atoms with E-state index in [0.717, 1.165) is 0 Å². The Kier molecular flexibility index (Phi) is 4.57. The molecule has 0 unspecified atom stereocenters. The smallest absolute Gasteiger partial charge is 0.310 e. The zero-order chi connectivity index (χ0) is 13.2. The summed E-state index contributed by atoms with van der Waals surface area (Å²) < 4.78 is 27.6. The lowest BCUT2D eigenvalue weighted by Crippen LogP contribution is -2.06. The molecule has 0 aliphatic rings. The summed E-state index contributed by atoms with van der Waals surface area (Å²) in [5, 5.41) is 0. The lowest BCUT2D eigenvalue weighted by atomic mass is 10.1. The van der Waals surface area contributed by atoms with Gasteiger partial charge in [-0.25, -0.2) is 8.42 Å². The molecule has 4 nitrogen and oxygen atoms in total. The normalized spacial score (nSPS) is 11.3. The molecular weight excluding hydrogens is 332 g/mol. The zero-order valence-electron chi connectivity index (χ0n) is 9.16. The average Bonchev–Trinajstić information content (AvgIpc) is 2.22. The average molecular weight is 342 g/mol. The SMILES string of the molecule is COC(=O)Cc1ccc(S(=O)(=O)Cl)c(C)c1Br. The molecule has 0 saturated carbocycles. The van der Waals surface area contributed by atoms with E-state index in [2.05, 4.69) is 20.7 Å². The van der Waals surface area contributed by atoms with Gasteiger partial charge in [0.1, 0.15) is 0 Å². The second kappa shape index (κ2) is 5.37. The van der Waals surface area contributed by atoms with Gasteiger partial charge in [0.15, 0.2) is 0 Å². The molecule has 0 bridgehead atoms. The van der Waals surface area contributed by atoms with E-state index in [0.29, 0.717) is 15.6 Å².